The number of amides is 1. The quantitative estimate of drug-likeness (QED) is 0.800. The molecule has 0 saturated heterocycles. The van der Waals surface area contributed by atoms with Crippen molar-refractivity contribution in [2.75, 3.05) is 6.54 Å². The van der Waals surface area contributed by atoms with Gasteiger partial charge in [0.15, 0.2) is 5.56 Å². The average molecular weight is 303 g/mol. The Bertz CT molecular complexity index is 737. The molecule has 6 heteroatoms. The van der Waals surface area contributed by atoms with Gasteiger partial charge in [-0.2, -0.15) is 4.98 Å². The fourth-order valence-corrected chi connectivity index (χ4v) is 2.27. The molecule has 2 aromatic heterocycles. The van der Waals surface area contributed by atoms with Crippen LogP contribution in [0.5, 0.6) is 5.88 Å². The van der Waals surface area contributed by atoms with Crippen molar-refractivity contribution in [3.63, 3.8) is 0 Å². The molecule has 0 unspecified atom stereocenters. The van der Waals surface area contributed by atoms with E-state index in [2.05, 4.69) is 17.2 Å². The van der Waals surface area contributed by atoms with Crippen LogP contribution in [0.15, 0.2) is 23.1 Å². The third-order valence-corrected chi connectivity index (χ3v) is 3.49. The van der Waals surface area contributed by atoms with Crippen LogP contribution in [0.1, 0.15) is 48.5 Å². The molecule has 22 heavy (non-hydrogen) atoms. The monoisotopic (exact) mass is 303 g/mol. The molecule has 0 aromatic carbocycles. The molecule has 2 N–H and O–H groups in total. The van der Waals surface area contributed by atoms with Crippen LogP contribution >= 0.6 is 0 Å². The van der Waals surface area contributed by atoms with Gasteiger partial charge in [-0.3, -0.25) is 14.0 Å². The molecule has 0 spiro atoms. The van der Waals surface area contributed by atoms with Crippen molar-refractivity contribution in [1.29, 1.82) is 0 Å². The number of carbonyl (C=O) groups excluding carboxylic acids is 1. The number of fused-ring (bicyclic) bond motifs is 1. The van der Waals surface area contributed by atoms with Gasteiger partial charge in [-0.15, -0.1) is 0 Å². The van der Waals surface area contributed by atoms with E-state index in [1.807, 2.05) is 6.92 Å². The van der Waals surface area contributed by atoms with Crippen LogP contribution in [0.3, 0.4) is 0 Å². The number of hydrogen-bond donors (Lipinski definition) is 2. The molecule has 1 amide bonds. The average Bonchev–Trinajstić information content (AvgIpc) is 2.48. The Kier molecular flexibility index (Phi) is 5.14. The number of carbonyl (C=O) groups is 1. The third kappa shape index (κ3) is 3.44. The Hall–Kier alpha value is -2.37. The van der Waals surface area contributed by atoms with Gasteiger partial charge in [-0.05, 0) is 25.0 Å². The summed E-state index contributed by atoms with van der Waals surface area (Å²) in [5.41, 5.74) is 0.316. The lowest BCUT2D eigenvalue weighted by molar-refractivity contribution is 0.0947. The maximum atomic E-state index is 12.4. The SMILES string of the molecule is CCCCCCNC(=O)c1c(O)nc2ccc(C)cn2c1=O. The first-order chi connectivity index (χ1) is 10.5. The van der Waals surface area contributed by atoms with Crippen molar-refractivity contribution in [2.24, 2.45) is 0 Å². The standard InChI is InChI=1S/C16H21N3O3/c1-3-4-5-6-9-17-14(20)13-15(21)18-12-8-7-11(2)10-19(12)16(13)22/h7-8,10,21H,3-6,9H2,1-2H3,(H,17,20). The number of hydrogen-bond acceptors (Lipinski definition) is 4. The van der Waals surface area contributed by atoms with Crippen molar-refractivity contribution in [3.8, 4) is 5.88 Å². The van der Waals surface area contributed by atoms with Crippen molar-refractivity contribution in [1.82, 2.24) is 14.7 Å². The Morgan fingerprint density at radius 3 is 2.82 bits per heavy atom. The van der Waals surface area contributed by atoms with E-state index in [0.29, 0.717) is 12.2 Å². The second-order valence-electron chi connectivity index (χ2n) is 5.37. The van der Waals surface area contributed by atoms with E-state index >= 15 is 0 Å². The Labute approximate surface area is 128 Å². The molecular weight excluding hydrogens is 282 g/mol. The zero-order chi connectivity index (χ0) is 16.1. The zero-order valence-electron chi connectivity index (χ0n) is 12.9. The van der Waals surface area contributed by atoms with Gasteiger partial charge in [0.1, 0.15) is 5.65 Å². The van der Waals surface area contributed by atoms with Gasteiger partial charge in [0, 0.05) is 12.7 Å². The summed E-state index contributed by atoms with van der Waals surface area (Å²) in [5.74, 6) is -1.11. The van der Waals surface area contributed by atoms with Gasteiger partial charge >= 0.3 is 0 Å². The summed E-state index contributed by atoms with van der Waals surface area (Å²) in [6.07, 6.45) is 5.70. The maximum absolute atomic E-state index is 12.4. The first-order valence-corrected chi connectivity index (χ1v) is 7.54. The molecular formula is C16H21N3O3. The molecule has 2 rings (SSSR count). The summed E-state index contributed by atoms with van der Waals surface area (Å²) in [6, 6.07) is 3.41. The summed E-state index contributed by atoms with van der Waals surface area (Å²) >= 11 is 0. The van der Waals surface area contributed by atoms with Crippen LogP contribution in [0.2, 0.25) is 0 Å². The summed E-state index contributed by atoms with van der Waals surface area (Å²) in [4.78, 5) is 28.4. The molecule has 0 fully saturated rings. The minimum Gasteiger partial charge on any atom is -0.493 e. The largest absolute Gasteiger partial charge is 0.493 e. The van der Waals surface area contributed by atoms with Crippen molar-refractivity contribution in [3.05, 3.63) is 39.8 Å². The fourth-order valence-electron chi connectivity index (χ4n) is 2.27. The predicted octanol–water partition coefficient (Wildman–Crippen LogP) is 2.02. The fraction of sp³-hybridized carbons (Fsp3) is 0.438. The highest BCUT2D eigenvalue weighted by Gasteiger charge is 2.19. The second-order valence-corrected chi connectivity index (χ2v) is 5.37. The van der Waals surface area contributed by atoms with Crippen LogP contribution in [-0.2, 0) is 0 Å². The molecule has 0 saturated carbocycles. The van der Waals surface area contributed by atoms with Crippen LogP contribution in [-0.4, -0.2) is 26.9 Å². The Morgan fingerprint density at radius 1 is 1.32 bits per heavy atom. The number of aromatic hydroxyl groups is 1. The highest BCUT2D eigenvalue weighted by molar-refractivity contribution is 5.96. The number of nitrogens with one attached hydrogen (secondary N) is 1. The van der Waals surface area contributed by atoms with Gasteiger partial charge in [0.2, 0.25) is 5.88 Å². The molecule has 0 aliphatic rings. The molecule has 118 valence electrons. The highest BCUT2D eigenvalue weighted by Crippen LogP contribution is 2.12. The van der Waals surface area contributed by atoms with Gasteiger partial charge in [-0.1, -0.05) is 32.3 Å². The minimum atomic E-state index is -0.581. The first kappa shape index (κ1) is 16.0. The van der Waals surface area contributed by atoms with E-state index in [0.717, 1.165) is 31.2 Å². The number of nitrogens with zero attached hydrogens (tertiary/aromatic N) is 2. The van der Waals surface area contributed by atoms with Gasteiger partial charge in [0.25, 0.3) is 11.5 Å². The predicted molar refractivity (Wildman–Crippen MR) is 84.3 cm³/mol. The van der Waals surface area contributed by atoms with E-state index in [4.69, 9.17) is 0 Å². The third-order valence-electron chi connectivity index (χ3n) is 3.49. The molecule has 0 radical (unpaired) electrons. The van der Waals surface area contributed by atoms with Crippen LogP contribution in [0.25, 0.3) is 5.65 Å². The van der Waals surface area contributed by atoms with E-state index in [1.54, 1.807) is 18.3 Å². The molecule has 2 aromatic rings. The molecule has 2 heterocycles. The van der Waals surface area contributed by atoms with Crippen LogP contribution in [0, 0.1) is 6.92 Å². The van der Waals surface area contributed by atoms with Crippen molar-refractivity contribution < 1.29 is 9.90 Å². The number of aryl methyl sites for hydroxylation is 1. The molecule has 0 bridgehead atoms. The van der Waals surface area contributed by atoms with Gasteiger partial charge < -0.3 is 10.4 Å². The summed E-state index contributed by atoms with van der Waals surface area (Å²) < 4.78 is 1.28. The second kappa shape index (κ2) is 7.06. The molecule has 6 nitrogen and oxygen atoms in total. The smallest absolute Gasteiger partial charge is 0.274 e. The number of pyridine rings is 1. The lowest BCUT2D eigenvalue weighted by atomic mass is 10.2. The van der Waals surface area contributed by atoms with Crippen molar-refractivity contribution >= 4 is 11.6 Å². The lowest BCUT2D eigenvalue weighted by Gasteiger charge is -2.08. The summed E-state index contributed by atoms with van der Waals surface area (Å²) in [5, 5.41) is 12.6. The summed E-state index contributed by atoms with van der Waals surface area (Å²) in [7, 11) is 0. The lowest BCUT2D eigenvalue weighted by Crippen LogP contribution is -2.32. The van der Waals surface area contributed by atoms with E-state index in [-0.39, 0.29) is 5.56 Å². The van der Waals surface area contributed by atoms with Crippen molar-refractivity contribution in [2.45, 2.75) is 39.5 Å². The Morgan fingerprint density at radius 2 is 2.09 bits per heavy atom. The first-order valence-electron chi connectivity index (χ1n) is 7.54. The highest BCUT2D eigenvalue weighted by atomic mass is 16.3. The molecule has 0 aliphatic heterocycles. The van der Waals surface area contributed by atoms with E-state index < -0.39 is 17.3 Å². The van der Waals surface area contributed by atoms with E-state index in [9.17, 15) is 14.7 Å². The normalized spacial score (nSPS) is 10.8. The molecule has 0 atom stereocenters. The van der Waals surface area contributed by atoms with Gasteiger partial charge in [-0.25, -0.2) is 0 Å². The molecule has 0 aliphatic carbocycles. The van der Waals surface area contributed by atoms with Crippen LogP contribution in [0.4, 0.5) is 0 Å². The maximum Gasteiger partial charge on any atom is 0.274 e. The van der Waals surface area contributed by atoms with Crippen LogP contribution < -0.4 is 10.9 Å². The number of aromatic nitrogens is 2. The number of unbranched alkanes of at least 4 members (excludes halogenated alkanes) is 3. The zero-order valence-corrected chi connectivity index (χ0v) is 12.9. The van der Waals surface area contributed by atoms with Gasteiger partial charge in [0.05, 0.1) is 0 Å². The Balaban J connectivity index is 2.23. The minimum absolute atomic E-state index is 0.307. The summed E-state index contributed by atoms with van der Waals surface area (Å²) in [6.45, 7) is 4.43. The topological polar surface area (TPSA) is 83.7 Å². The number of rotatable bonds is 6. The van der Waals surface area contributed by atoms with E-state index in [1.165, 1.54) is 4.40 Å².